The van der Waals surface area contributed by atoms with E-state index in [0.29, 0.717) is 17.9 Å². The van der Waals surface area contributed by atoms with Gasteiger partial charge in [-0.2, -0.15) is 0 Å². The minimum atomic E-state index is -1.16. The Hall–Kier alpha value is -4.00. The molecule has 5 nitrogen and oxygen atoms in total. The summed E-state index contributed by atoms with van der Waals surface area (Å²) in [5.41, 5.74) is 0.970. The van der Waals surface area contributed by atoms with Crippen LogP contribution in [0.5, 0.6) is 5.75 Å². The molecule has 1 atom stereocenters. The zero-order valence-electron chi connectivity index (χ0n) is 19.6. The van der Waals surface area contributed by atoms with Crippen LogP contribution in [-0.4, -0.2) is 23.4 Å². The third kappa shape index (κ3) is 4.80. The van der Waals surface area contributed by atoms with Gasteiger partial charge in [-0.3, -0.25) is 14.5 Å². The number of hydrogen-bond acceptors (Lipinski definition) is 4. The van der Waals surface area contributed by atoms with E-state index >= 15 is 0 Å². The van der Waals surface area contributed by atoms with Gasteiger partial charge < -0.3 is 9.84 Å². The van der Waals surface area contributed by atoms with Gasteiger partial charge in [-0.05, 0) is 42.7 Å². The maximum atomic E-state index is 14.8. The van der Waals surface area contributed by atoms with Gasteiger partial charge in [-0.25, -0.2) is 8.78 Å². The molecule has 1 unspecified atom stereocenters. The molecule has 0 spiro atoms. The van der Waals surface area contributed by atoms with Crippen molar-refractivity contribution in [1.82, 2.24) is 0 Å². The van der Waals surface area contributed by atoms with Crippen molar-refractivity contribution in [3.8, 4) is 5.75 Å². The molecule has 0 aliphatic carbocycles. The van der Waals surface area contributed by atoms with Gasteiger partial charge in [-0.1, -0.05) is 55.8 Å². The van der Waals surface area contributed by atoms with Gasteiger partial charge in [-0.15, -0.1) is 0 Å². The van der Waals surface area contributed by atoms with Gasteiger partial charge in [0.15, 0.2) is 0 Å². The molecule has 0 radical (unpaired) electrons. The summed E-state index contributed by atoms with van der Waals surface area (Å²) in [7, 11) is 0. The Morgan fingerprint density at radius 2 is 1.77 bits per heavy atom. The normalized spacial score (nSPS) is 17.3. The third-order valence-corrected chi connectivity index (χ3v) is 5.66. The first-order chi connectivity index (χ1) is 16.7. The SMILES string of the molecule is Cc1cccc(C2/C(=C(\O)c3cccc(OCC(C)C)c3)C(=O)C(=O)N2c2cc(F)ccc2F)c1. The Morgan fingerprint density at radius 3 is 2.49 bits per heavy atom. The van der Waals surface area contributed by atoms with Gasteiger partial charge in [0.25, 0.3) is 11.7 Å². The van der Waals surface area contributed by atoms with Gasteiger partial charge in [0.2, 0.25) is 0 Å². The number of aliphatic hydroxyl groups excluding tert-OH is 1. The molecule has 1 saturated heterocycles. The van der Waals surface area contributed by atoms with Crippen LogP contribution in [0, 0.1) is 24.5 Å². The number of Topliss-reactive ketones (excluding diaryl/α,β-unsaturated/α-hetero) is 1. The number of ether oxygens (including phenoxy) is 1. The van der Waals surface area contributed by atoms with Crippen molar-refractivity contribution in [2.24, 2.45) is 5.92 Å². The number of anilines is 1. The fourth-order valence-electron chi connectivity index (χ4n) is 4.06. The Labute approximate surface area is 202 Å². The van der Waals surface area contributed by atoms with E-state index in [9.17, 15) is 23.5 Å². The fourth-order valence-corrected chi connectivity index (χ4v) is 4.06. The Balaban J connectivity index is 1.90. The van der Waals surface area contributed by atoms with Crippen LogP contribution in [0.3, 0.4) is 0 Å². The lowest BCUT2D eigenvalue weighted by Crippen LogP contribution is -2.30. The van der Waals surface area contributed by atoms with Crippen LogP contribution < -0.4 is 9.64 Å². The minimum absolute atomic E-state index is 0.217. The average molecular weight is 478 g/mol. The van der Waals surface area contributed by atoms with Crippen molar-refractivity contribution in [3.05, 3.63) is 101 Å². The molecular weight excluding hydrogens is 452 g/mol. The van der Waals surface area contributed by atoms with Gasteiger partial charge in [0.1, 0.15) is 23.1 Å². The molecule has 1 amide bonds. The van der Waals surface area contributed by atoms with E-state index in [2.05, 4.69) is 0 Å². The van der Waals surface area contributed by atoms with E-state index in [1.54, 1.807) is 42.5 Å². The Bertz CT molecular complexity index is 1330. The first-order valence-electron chi connectivity index (χ1n) is 11.2. The van der Waals surface area contributed by atoms with Gasteiger partial charge >= 0.3 is 0 Å². The summed E-state index contributed by atoms with van der Waals surface area (Å²) >= 11 is 0. The number of ketones is 1. The van der Waals surface area contributed by atoms with E-state index in [-0.39, 0.29) is 22.7 Å². The van der Waals surface area contributed by atoms with E-state index in [0.717, 1.165) is 28.7 Å². The summed E-state index contributed by atoms with van der Waals surface area (Å²) in [5, 5.41) is 11.3. The van der Waals surface area contributed by atoms with Crippen LogP contribution in [-0.2, 0) is 9.59 Å². The molecule has 3 aromatic carbocycles. The lowest BCUT2D eigenvalue weighted by Gasteiger charge is -2.26. The standard InChI is InChI=1S/C28H25F2NO4/c1-16(2)15-35-21-9-5-8-19(13-21)26(32)24-25(18-7-4-6-17(3)12-18)31(28(34)27(24)33)23-14-20(29)10-11-22(23)30/h4-14,16,25,32H,15H2,1-3H3/b26-24+. The number of amides is 1. The molecular formula is C28H25F2NO4. The molecule has 7 heteroatoms. The van der Waals surface area contributed by atoms with Crippen molar-refractivity contribution in [3.63, 3.8) is 0 Å². The average Bonchev–Trinajstić information content (AvgIpc) is 3.09. The Morgan fingerprint density at radius 1 is 1.03 bits per heavy atom. The number of carbonyl (C=O) groups excluding carboxylic acids is 2. The highest BCUT2D eigenvalue weighted by atomic mass is 19.1. The first-order valence-corrected chi connectivity index (χ1v) is 11.2. The van der Waals surface area contributed by atoms with Crippen molar-refractivity contribution in [2.75, 3.05) is 11.5 Å². The zero-order valence-corrected chi connectivity index (χ0v) is 19.6. The minimum Gasteiger partial charge on any atom is -0.507 e. The molecule has 180 valence electrons. The number of rotatable bonds is 6. The smallest absolute Gasteiger partial charge is 0.300 e. The van der Waals surface area contributed by atoms with E-state index in [1.807, 2.05) is 26.8 Å². The monoisotopic (exact) mass is 477 g/mol. The summed E-state index contributed by atoms with van der Waals surface area (Å²) < 4.78 is 34.6. The summed E-state index contributed by atoms with van der Waals surface area (Å²) in [6.45, 7) is 6.28. The highest BCUT2D eigenvalue weighted by molar-refractivity contribution is 6.51. The van der Waals surface area contributed by atoms with Crippen LogP contribution in [0.25, 0.3) is 5.76 Å². The highest BCUT2D eigenvalue weighted by Crippen LogP contribution is 2.43. The summed E-state index contributed by atoms with van der Waals surface area (Å²) in [4.78, 5) is 27.3. The predicted octanol–water partition coefficient (Wildman–Crippen LogP) is 5.93. The molecule has 35 heavy (non-hydrogen) atoms. The maximum Gasteiger partial charge on any atom is 0.300 e. The lowest BCUT2D eigenvalue weighted by atomic mass is 9.94. The molecule has 0 bridgehead atoms. The van der Waals surface area contributed by atoms with Crippen LogP contribution in [0.1, 0.15) is 36.6 Å². The van der Waals surface area contributed by atoms with Crippen LogP contribution in [0.4, 0.5) is 14.5 Å². The van der Waals surface area contributed by atoms with Crippen LogP contribution >= 0.6 is 0 Å². The number of halogens is 2. The van der Waals surface area contributed by atoms with Gasteiger partial charge in [0, 0.05) is 11.6 Å². The van der Waals surface area contributed by atoms with Crippen molar-refractivity contribution in [1.29, 1.82) is 0 Å². The molecule has 0 saturated carbocycles. The van der Waals surface area contributed by atoms with Gasteiger partial charge in [0.05, 0.1) is 23.9 Å². The quantitative estimate of drug-likeness (QED) is 0.271. The number of nitrogens with zero attached hydrogens (tertiary/aromatic N) is 1. The number of carbonyl (C=O) groups is 2. The summed E-state index contributed by atoms with van der Waals surface area (Å²) in [6.07, 6.45) is 0. The second-order valence-electron chi connectivity index (χ2n) is 8.91. The van der Waals surface area contributed by atoms with Crippen molar-refractivity contribution in [2.45, 2.75) is 26.8 Å². The molecule has 1 aliphatic heterocycles. The topological polar surface area (TPSA) is 66.8 Å². The molecule has 3 aromatic rings. The second kappa shape index (κ2) is 9.70. The highest BCUT2D eigenvalue weighted by Gasteiger charge is 2.47. The van der Waals surface area contributed by atoms with E-state index < -0.39 is 35.1 Å². The largest absolute Gasteiger partial charge is 0.507 e. The second-order valence-corrected chi connectivity index (χ2v) is 8.91. The maximum absolute atomic E-state index is 14.8. The predicted molar refractivity (Wildman–Crippen MR) is 129 cm³/mol. The molecule has 1 aliphatic rings. The number of hydrogen-bond donors (Lipinski definition) is 1. The molecule has 4 rings (SSSR count). The van der Waals surface area contributed by atoms with E-state index in [1.165, 1.54) is 0 Å². The first kappa shape index (κ1) is 24.1. The van der Waals surface area contributed by atoms with Crippen LogP contribution in [0.2, 0.25) is 0 Å². The third-order valence-electron chi connectivity index (χ3n) is 5.66. The van der Waals surface area contributed by atoms with Crippen LogP contribution in [0.15, 0.2) is 72.3 Å². The van der Waals surface area contributed by atoms with Crippen molar-refractivity contribution >= 4 is 23.1 Å². The number of benzene rings is 3. The Kier molecular flexibility index (Phi) is 6.69. The fraction of sp³-hybridized carbons (Fsp3) is 0.214. The number of aliphatic hydroxyl groups is 1. The molecule has 1 N–H and O–H groups in total. The van der Waals surface area contributed by atoms with E-state index in [4.69, 9.17) is 4.74 Å². The zero-order chi connectivity index (χ0) is 25.3. The number of aryl methyl sites for hydroxylation is 1. The lowest BCUT2D eigenvalue weighted by molar-refractivity contribution is -0.132. The molecule has 1 heterocycles. The summed E-state index contributed by atoms with van der Waals surface area (Å²) in [6, 6.07) is 15.0. The molecule has 0 aromatic heterocycles. The molecule has 1 fully saturated rings. The summed E-state index contributed by atoms with van der Waals surface area (Å²) in [5.74, 6) is -3.35. The van der Waals surface area contributed by atoms with Crippen molar-refractivity contribution < 1.29 is 28.2 Å².